The third-order valence-corrected chi connectivity index (χ3v) is 4.19. The Bertz CT molecular complexity index is 779. The third-order valence-electron chi connectivity index (χ3n) is 3.23. The number of aryl methyl sites for hydroxylation is 1. The van der Waals surface area contributed by atoms with Gasteiger partial charge in [0.1, 0.15) is 11.3 Å². The van der Waals surface area contributed by atoms with Gasteiger partial charge in [-0.15, -0.1) is 0 Å². The Balaban J connectivity index is 2.29. The highest BCUT2D eigenvalue weighted by molar-refractivity contribution is 9.10. The molecule has 0 aliphatic carbocycles. The molecule has 0 N–H and O–H groups in total. The summed E-state index contributed by atoms with van der Waals surface area (Å²) in [6.07, 6.45) is 0. The average Bonchev–Trinajstić information content (AvgIpc) is 2.80. The van der Waals surface area contributed by atoms with Gasteiger partial charge in [0.2, 0.25) is 5.89 Å². The molecule has 0 saturated carbocycles. The van der Waals surface area contributed by atoms with Gasteiger partial charge in [0.25, 0.3) is 0 Å². The van der Waals surface area contributed by atoms with E-state index in [1.807, 2.05) is 19.9 Å². The minimum Gasteiger partial charge on any atom is -0.435 e. The Morgan fingerprint density at radius 3 is 2.68 bits per heavy atom. The standard InChI is InChI=1S/C15H11BrFNO/c1-8-7-12-14(13(16)9(8)2)19-15(18-12)10-5-3-4-6-11(10)17/h3-7H,1-2H3. The van der Waals surface area contributed by atoms with Crippen molar-refractivity contribution >= 4 is 27.0 Å². The molecule has 2 aromatic carbocycles. The first-order valence-corrected chi connectivity index (χ1v) is 6.68. The van der Waals surface area contributed by atoms with E-state index in [0.29, 0.717) is 17.0 Å². The van der Waals surface area contributed by atoms with Crippen LogP contribution in [0.5, 0.6) is 0 Å². The van der Waals surface area contributed by atoms with Gasteiger partial charge >= 0.3 is 0 Å². The van der Waals surface area contributed by atoms with Crippen molar-refractivity contribution in [2.45, 2.75) is 13.8 Å². The number of oxazole rings is 1. The Hall–Kier alpha value is -1.68. The van der Waals surface area contributed by atoms with Crippen molar-refractivity contribution in [3.8, 4) is 11.5 Å². The Labute approximate surface area is 118 Å². The fourth-order valence-electron chi connectivity index (χ4n) is 1.99. The Morgan fingerprint density at radius 2 is 1.95 bits per heavy atom. The lowest BCUT2D eigenvalue weighted by Crippen LogP contribution is -1.83. The van der Waals surface area contributed by atoms with Gasteiger partial charge in [0.15, 0.2) is 5.58 Å². The molecular weight excluding hydrogens is 309 g/mol. The maximum Gasteiger partial charge on any atom is 0.230 e. The number of fused-ring (bicyclic) bond motifs is 1. The Kier molecular flexibility index (Phi) is 2.90. The number of hydrogen-bond donors (Lipinski definition) is 0. The molecule has 0 aliphatic heterocycles. The van der Waals surface area contributed by atoms with Gasteiger partial charge in [-0.05, 0) is 59.1 Å². The van der Waals surface area contributed by atoms with Gasteiger partial charge in [-0.1, -0.05) is 12.1 Å². The van der Waals surface area contributed by atoms with Gasteiger partial charge in [0, 0.05) is 0 Å². The summed E-state index contributed by atoms with van der Waals surface area (Å²) in [6, 6.07) is 8.41. The summed E-state index contributed by atoms with van der Waals surface area (Å²) in [5.41, 5.74) is 3.98. The van der Waals surface area contributed by atoms with E-state index in [9.17, 15) is 4.39 Å². The fraction of sp³-hybridized carbons (Fsp3) is 0.133. The highest BCUT2D eigenvalue weighted by Crippen LogP contribution is 2.33. The molecule has 3 aromatic rings. The molecule has 19 heavy (non-hydrogen) atoms. The third kappa shape index (κ3) is 1.96. The monoisotopic (exact) mass is 319 g/mol. The van der Waals surface area contributed by atoms with E-state index in [-0.39, 0.29) is 5.82 Å². The number of rotatable bonds is 1. The van der Waals surface area contributed by atoms with E-state index >= 15 is 0 Å². The summed E-state index contributed by atoms with van der Waals surface area (Å²) in [4.78, 5) is 4.37. The van der Waals surface area contributed by atoms with E-state index in [2.05, 4.69) is 20.9 Å². The highest BCUT2D eigenvalue weighted by atomic mass is 79.9. The summed E-state index contributed by atoms with van der Waals surface area (Å²) < 4.78 is 20.3. The second-order valence-corrected chi connectivity index (χ2v) is 5.27. The van der Waals surface area contributed by atoms with Crippen molar-refractivity contribution in [2.75, 3.05) is 0 Å². The van der Waals surface area contributed by atoms with Crippen molar-refractivity contribution in [3.05, 3.63) is 51.7 Å². The number of aromatic nitrogens is 1. The SMILES string of the molecule is Cc1cc2nc(-c3ccccc3F)oc2c(Br)c1C. The normalized spacial score (nSPS) is 11.2. The van der Waals surface area contributed by atoms with Crippen LogP contribution in [0, 0.1) is 19.7 Å². The molecule has 1 aromatic heterocycles. The van der Waals surface area contributed by atoms with Crippen LogP contribution in [0.1, 0.15) is 11.1 Å². The molecule has 1 heterocycles. The molecule has 0 aliphatic rings. The molecule has 0 amide bonds. The lowest BCUT2D eigenvalue weighted by atomic mass is 10.1. The quantitative estimate of drug-likeness (QED) is 0.630. The van der Waals surface area contributed by atoms with Crippen LogP contribution < -0.4 is 0 Å². The zero-order chi connectivity index (χ0) is 13.6. The van der Waals surface area contributed by atoms with Crippen molar-refractivity contribution < 1.29 is 8.81 Å². The smallest absolute Gasteiger partial charge is 0.230 e. The zero-order valence-corrected chi connectivity index (χ0v) is 12.1. The second kappa shape index (κ2) is 4.46. The summed E-state index contributed by atoms with van der Waals surface area (Å²) in [6.45, 7) is 4.02. The van der Waals surface area contributed by atoms with Crippen LogP contribution in [-0.2, 0) is 0 Å². The van der Waals surface area contributed by atoms with E-state index in [4.69, 9.17) is 4.42 Å². The maximum absolute atomic E-state index is 13.8. The molecule has 0 atom stereocenters. The van der Waals surface area contributed by atoms with Crippen molar-refractivity contribution in [2.24, 2.45) is 0 Å². The first-order chi connectivity index (χ1) is 9.08. The molecule has 0 spiro atoms. The van der Waals surface area contributed by atoms with Gasteiger partial charge in [0.05, 0.1) is 10.0 Å². The minimum absolute atomic E-state index is 0.304. The Morgan fingerprint density at radius 1 is 1.21 bits per heavy atom. The van der Waals surface area contributed by atoms with Gasteiger partial charge in [-0.3, -0.25) is 0 Å². The molecule has 2 nitrogen and oxygen atoms in total. The highest BCUT2D eigenvalue weighted by Gasteiger charge is 2.15. The first kappa shape index (κ1) is 12.4. The molecule has 4 heteroatoms. The second-order valence-electron chi connectivity index (χ2n) is 4.48. The molecular formula is C15H11BrFNO. The molecule has 0 saturated heterocycles. The largest absolute Gasteiger partial charge is 0.435 e. The van der Waals surface area contributed by atoms with E-state index in [1.165, 1.54) is 6.07 Å². The molecule has 0 radical (unpaired) electrons. The number of benzene rings is 2. The number of halogens is 2. The zero-order valence-electron chi connectivity index (χ0n) is 10.5. The lowest BCUT2D eigenvalue weighted by molar-refractivity contribution is 0.592. The van der Waals surface area contributed by atoms with E-state index in [1.54, 1.807) is 18.2 Å². The van der Waals surface area contributed by atoms with Gasteiger partial charge in [-0.25, -0.2) is 9.37 Å². The molecule has 0 bridgehead atoms. The topological polar surface area (TPSA) is 26.0 Å². The molecule has 96 valence electrons. The predicted octanol–water partition coefficient (Wildman–Crippen LogP) is 5.01. The minimum atomic E-state index is -0.335. The summed E-state index contributed by atoms with van der Waals surface area (Å²) in [5, 5.41) is 0. The summed E-state index contributed by atoms with van der Waals surface area (Å²) in [7, 11) is 0. The summed E-state index contributed by atoms with van der Waals surface area (Å²) >= 11 is 3.51. The van der Waals surface area contributed by atoms with Crippen LogP contribution in [0.15, 0.2) is 39.2 Å². The van der Waals surface area contributed by atoms with Crippen LogP contribution in [-0.4, -0.2) is 4.98 Å². The fourth-order valence-corrected chi connectivity index (χ4v) is 2.59. The molecule has 3 rings (SSSR count). The van der Waals surface area contributed by atoms with Crippen molar-refractivity contribution in [1.29, 1.82) is 0 Å². The van der Waals surface area contributed by atoms with E-state index in [0.717, 1.165) is 21.1 Å². The van der Waals surface area contributed by atoms with Crippen LogP contribution in [0.3, 0.4) is 0 Å². The maximum atomic E-state index is 13.8. The number of hydrogen-bond acceptors (Lipinski definition) is 2. The van der Waals surface area contributed by atoms with Crippen molar-refractivity contribution in [3.63, 3.8) is 0 Å². The lowest BCUT2D eigenvalue weighted by Gasteiger charge is -2.01. The van der Waals surface area contributed by atoms with Crippen LogP contribution in [0.2, 0.25) is 0 Å². The van der Waals surface area contributed by atoms with Crippen LogP contribution >= 0.6 is 15.9 Å². The summed E-state index contributed by atoms with van der Waals surface area (Å²) in [5.74, 6) is -0.0302. The van der Waals surface area contributed by atoms with E-state index < -0.39 is 0 Å². The van der Waals surface area contributed by atoms with Crippen molar-refractivity contribution in [1.82, 2.24) is 4.98 Å². The van der Waals surface area contributed by atoms with Crippen LogP contribution in [0.4, 0.5) is 4.39 Å². The van der Waals surface area contributed by atoms with Gasteiger partial charge < -0.3 is 4.42 Å². The predicted molar refractivity (Wildman–Crippen MR) is 76.6 cm³/mol. The molecule has 0 fully saturated rings. The molecule has 0 unspecified atom stereocenters. The van der Waals surface area contributed by atoms with Gasteiger partial charge in [-0.2, -0.15) is 0 Å². The first-order valence-electron chi connectivity index (χ1n) is 5.89. The average molecular weight is 320 g/mol. The number of nitrogens with zero attached hydrogens (tertiary/aromatic N) is 1. The van der Waals surface area contributed by atoms with Crippen LogP contribution in [0.25, 0.3) is 22.6 Å².